The van der Waals surface area contributed by atoms with Gasteiger partial charge < -0.3 is 19.1 Å². The summed E-state index contributed by atoms with van der Waals surface area (Å²) < 4.78 is 18.7. The summed E-state index contributed by atoms with van der Waals surface area (Å²) in [6.07, 6.45) is 0. The van der Waals surface area contributed by atoms with Crippen molar-refractivity contribution in [2.24, 2.45) is 0 Å². The summed E-state index contributed by atoms with van der Waals surface area (Å²) >= 11 is 6.35. The first-order valence-corrected chi connectivity index (χ1v) is 11.9. The highest BCUT2D eigenvalue weighted by Crippen LogP contribution is 2.33. The van der Waals surface area contributed by atoms with Crippen LogP contribution in [0.15, 0.2) is 78.9 Å². The zero-order valence-corrected chi connectivity index (χ0v) is 21.2. The van der Waals surface area contributed by atoms with Crippen LogP contribution in [0.25, 0.3) is 5.69 Å². The van der Waals surface area contributed by atoms with Gasteiger partial charge in [-0.05, 0) is 55.5 Å². The smallest absolute Gasteiger partial charge is 0.255 e. The molecule has 0 N–H and O–H groups in total. The summed E-state index contributed by atoms with van der Waals surface area (Å²) in [5, 5.41) is 5.16. The predicted molar refractivity (Wildman–Crippen MR) is 139 cm³/mol. The van der Waals surface area contributed by atoms with Gasteiger partial charge in [0.2, 0.25) is 5.88 Å². The van der Waals surface area contributed by atoms with Gasteiger partial charge in [0, 0.05) is 13.7 Å². The Bertz CT molecular complexity index is 1310. The molecule has 4 aromatic rings. The fraction of sp³-hybridized carbons (Fsp3) is 0.214. The van der Waals surface area contributed by atoms with Crippen LogP contribution < -0.4 is 9.47 Å². The van der Waals surface area contributed by atoms with Crippen molar-refractivity contribution >= 4 is 17.5 Å². The lowest BCUT2D eigenvalue weighted by atomic mass is 10.1. The molecule has 1 heterocycles. The Morgan fingerprint density at radius 3 is 2.28 bits per heavy atom. The van der Waals surface area contributed by atoms with E-state index in [1.807, 2.05) is 61.5 Å². The maximum atomic E-state index is 13.5. The molecule has 36 heavy (non-hydrogen) atoms. The number of methoxy groups -OCH3 is 2. The van der Waals surface area contributed by atoms with E-state index in [0.717, 1.165) is 22.7 Å². The van der Waals surface area contributed by atoms with Crippen LogP contribution in [-0.4, -0.2) is 48.0 Å². The molecule has 4 rings (SSSR count). The molecule has 1 aromatic heterocycles. The van der Waals surface area contributed by atoms with Gasteiger partial charge in [-0.25, -0.2) is 4.68 Å². The normalized spacial score (nSPS) is 10.8. The molecule has 0 saturated carbocycles. The standard InChI is InChI=1S/C28H28ClN3O4/c1-20-25(19-31(17-18-34-2)27(33)24-11-7-8-12-26(24)29)28(32(30-20)21-9-5-4-6-10-21)36-23-15-13-22(35-3)14-16-23/h4-16H,17-19H2,1-3H3. The molecule has 0 saturated heterocycles. The fourth-order valence-electron chi connectivity index (χ4n) is 3.77. The van der Waals surface area contributed by atoms with Gasteiger partial charge in [0.25, 0.3) is 5.91 Å². The first-order chi connectivity index (χ1) is 17.5. The molecule has 3 aromatic carbocycles. The van der Waals surface area contributed by atoms with Crippen LogP contribution in [0, 0.1) is 6.92 Å². The largest absolute Gasteiger partial charge is 0.497 e. The molecule has 7 nitrogen and oxygen atoms in total. The molecule has 0 spiro atoms. The first-order valence-electron chi connectivity index (χ1n) is 11.5. The number of aryl methyl sites for hydroxylation is 1. The van der Waals surface area contributed by atoms with Gasteiger partial charge in [-0.1, -0.05) is 41.9 Å². The molecule has 8 heteroatoms. The number of carbonyl (C=O) groups excluding carboxylic acids is 1. The molecule has 0 unspecified atom stereocenters. The van der Waals surface area contributed by atoms with Crippen LogP contribution in [0.4, 0.5) is 0 Å². The number of nitrogens with zero attached hydrogens (tertiary/aromatic N) is 3. The van der Waals surface area contributed by atoms with Crippen molar-refractivity contribution in [2.45, 2.75) is 13.5 Å². The Morgan fingerprint density at radius 1 is 0.944 bits per heavy atom. The number of hydrogen-bond donors (Lipinski definition) is 0. The van der Waals surface area contributed by atoms with Gasteiger partial charge in [-0.3, -0.25) is 4.79 Å². The Morgan fingerprint density at radius 2 is 1.61 bits per heavy atom. The third-order valence-corrected chi connectivity index (χ3v) is 6.05. The molecule has 0 radical (unpaired) electrons. The highest BCUT2D eigenvalue weighted by Gasteiger charge is 2.25. The SMILES string of the molecule is COCCN(Cc1c(C)nn(-c2ccccc2)c1Oc1ccc(OC)cc1)C(=O)c1ccccc1Cl. The molecular weight excluding hydrogens is 478 g/mol. The third kappa shape index (κ3) is 5.70. The highest BCUT2D eigenvalue weighted by atomic mass is 35.5. The number of para-hydroxylation sites is 1. The number of ether oxygens (including phenoxy) is 3. The van der Waals surface area contributed by atoms with Crippen molar-refractivity contribution in [1.82, 2.24) is 14.7 Å². The number of aromatic nitrogens is 2. The van der Waals surface area contributed by atoms with Crippen molar-refractivity contribution in [1.29, 1.82) is 0 Å². The summed E-state index contributed by atoms with van der Waals surface area (Å²) in [5.41, 5.74) is 2.81. The fourth-order valence-corrected chi connectivity index (χ4v) is 3.99. The Hall–Kier alpha value is -3.81. The van der Waals surface area contributed by atoms with Crippen molar-refractivity contribution in [3.63, 3.8) is 0 Å². The Labute approximate surface area is 215 Å². The lowest BCUT2D eigenvalue weighted by Crippen LogP contribution is -2.34. The molecular formula is C28H28ClN3O4. The van der Waals surface area contributed by atoms with Gasteiger partial charge >= 0.3 is 0 Å². The van der Waals surface area contributed by atoms with Crippen LogP contribution in [0.3, 0.4) is 0 Å². The molecule has 1 amide bonds. The van der Waals surface area contributed by atoms with E-state index in [4.69, 9.17) is 30.9 Å². The quantitative estimate of drug-likeness (QED) is 0.267. The van der Waals surface area contributed by atoms with Crippen molar-refractivity contribution in [3.05, 3.63) is 101 Å². The number of halogens is 1. The summed E-state index contributed by atoms with van der Waals surface area (Å²) in [6.45, 7) is 2.91. The van der Waals surface area contributed by atoms with Crippen LogP contribution in [-0.2, 0) is 11.3 Å². The minimum Gasteiger partial charge on any atom is -0.497 e. The second-order valence-corrected chi connectivity index (χ2v) is 8.50. The third-order valence-electron chi connectivity index (χ3n) is 5.72. The lowest BCUT2D eigenvalue weighted by molar-refractivity contribution is 0.0679. The maximum absolute atomic E-state index is 13.5. The number of hydrogen-bond acceptors (Lipinski definition) is 5. The van der Waals surface area contributed by atoms with Crippen molar-refractivity contribution < 1.29 is 19.0 Å². The first kappa shape index (κ1) is 25.3. The van der Waals surface area contributed by atoms with E-state index >= 15 is 0 Å². The molecule has 0 bridgehead atoms. The maximum Gasteiger partial charge on any atom is 0.255 e. The minimum absolute atomic E-state index is 0.195. The van der Waals surface area contributed by atoms with Gasteiger partial charge in [0.1, 0.15) is 11.5 Å². The Balaban J connectivity index is 1.75. The van der Waals surface area contributed by atoms with Crippen LogP contribution in [0.1, 0.15) is 21.6 Å². The van der Waals surface area contributed by atoms with E-state index in [1.165, 1.54) is 0 Å². The summed E-state index contributed by atoms with van der Waals surface area (Å²) in [5.74, 6) is 1.68. The second kappa shape index (κ2) is 11.7. The molecule has 186 valence electrons. The molecule has 0 aliphatic rings. The average Bonchev–Trinajstić information content (AvgIpc) is 3.21. The van der Waals surface area contributed by atoms with E-state index < -0.39 is 0 Å². The van der Waals surface area contributed by atoms with Crippen LogP contribution in [0.5, 0.6) is 17.4 Å². The van der Waals surface area contributed by atoms with Gasteiger partial charge in [-0.2, -0.15) is 5.10 Å². The predicted octanol–water partition coefficient (Wildman–Crippen LogP) is 5.92. The van der Waals surface area contributed by atoms with Crippen LogP contribution in [0.2, 0.25) is 5.02 Å². The van der Waals surface area contributed by atoms with Gasteiger partial charge in [0.15, 0.2) is 0 Å². The van der Waals surface area contributed by atoms with E-state index in [2.05, 4.69) is 0 Å². The monoisotopic (exact) mass is 505 g/mol. The lowest BCUT2D eigenvalue weighted by Gasteiger charge is -2.23. The zero-order chi connectivity index (χ0) is 25.5. The van der Waals surface area contributed by atoms with Crippen molar-refractivity contribution in [2.75, 3.05) is 27.4 Å². The van der Waals surface area contributed by atoms with E-state index in [9.17, 15) is 4.79 Å². The van der Waals surface area contributed by atoms with Crippen molar-refractivity contribution in [3.8, 4) is 23.1 Å². The summed E-state index contributed by atoms with van der Waals surface area (Å²) in [7, 11) is 3.22. The second-order valence-electron chi connectivity index (χ2n) is 8.09. The molecule has 0 fully saturated rings. The van der Waals surface area contributed by atoms with E-state index in [1.54, 1.807) is 48.1 Å². The number of carbonyl (C=O) groups is 1. The molecule has 0 aliphatic heterocycles. The minimum atomic E-state index is -0.195. The topological polar surface area (TPSA) is 65.8 Å². The Kier molecular flexibility index (Phi) is 8.25. The zero-order valence-electron chi connectivity index (χ0n) is 20.5. The van der Waals surface area contributed by atoms with Crippen LogP contribution >= 0.6 is 11.6 Å². The summed E-state index contributed by atoms with van der Waals surface area (Å²) in [6, 6.07) is 24.1. The molecule has 0 aliphatic carbocycles. The molecule has 0 atom stereocenters. The number of rotatable bonds is 10. The number of benzene rings is 3. The van der Waals surface area contributed by atoms with E-state index in [-0.39, 0.29) is 12.5 Å². The number of amides is 1. The van der Waals surface area contributed by atoms with Gasteiger partial charge in [-0.15, -0.1) is 0 Å². The highest BCUT2D eigenvalue weighted by molar-refractivity contribution is 6.33. The summed E-state index contributed by atoms with van der Waals surface area (Å²) in [4.78, 5) is 15.2. The average molecular weight is 506 g/mol. The van der Waals surface area contributed by atoms with E-state index in [0.29, 0.717) is 35.4 Å². The van der Waals surface area contributed by atoms with Gasteiger partial charge in [0.05, 0.1) is 47.8 Å².